The number of barbiturate groups is 1. The van der Waals surface area contributed by atoms with Crippen molar-refractivity contribution in [3.8, 4) is 17.2 Å². The first-order valence-corrected chi connectivity index (χ1v) is 10.8. The first-order valence-electron chi connectivity index (χ1n) is 10.8. The number of amides is 4. The van der Waals surface area contributed by atoms with Crippen LogP contribution in [-0.2, 0) is 16.2 Å². The summed E-state index contributed by atoms with van der Waals surface area (Å²) in [4.78, 5) is 38.9. The molecule has 4 rings (SSSR count). The van der Waals surface area contributed by atoms with E-state index in [-0.39, 0.29) is 5.57 Å². The number of urea groups is 1. The number of nitrogens with zero attached hydrogens (tertiary/aromatic N) is 1. The van der Waals surface area contributed by atoms with E-state index in [9.17, 15) is 14.4 Å². The minimum atomic E-state index is -0.820. The lowest BCUT2D eigenvalue weighted by atomic mass is 10.1. The second-order valence-corrected chi connectivity index (χ2v) is 7.84. The predicted octanol–water partition coefficient (Wildman–Crippen LogP) is 4.26. The van der Waals surface area contributed by atoms with Gasteiger partial charge in [0.2, 0.25) is 0 Å². The summed E-state index contributed by atoms with van der Waals surface area (Å²) in [7, 11) is 3.02. The second-order valence-electron chi connectivity index (χ2n) is 7.84. The Hall–Kier alpha value is -4.59. The number of aryl methyl sites for hydroxylation is 1. The monoisotopic (exact) mass is 472 g/mol. The van der Waals surface area contributed by atoms with Crippen LogP contribution in [0.5, 0.6) is 17.2 Å². The lowest BCUT2D eigenvalue weighted by Crippen LogP contribution is -2.54. The molecule has 8 nitrogen and oxygen atoms in total. The summed E-state index contributed by atoms with van der Waals surface area (Å²) in [6, 6.07) is 18.6. The SMILES string of the molecule is COc1ccc(N2C(=O)NC(=O)/C(=C\c3ccc(OCc4ccc(C)cc4)c(OC)c3)C2=O)cc1. The van der Waals surface area contributed by atoms with E-state index in [1.165, 1.54) is 20.3 Å². The Kier molecular flexibility index (Phi) is 6.82. The van der Waals surface area contributed by atoms with Gasteiger partial charge in [-0.2, -0.15) is 0 Å². The van der Waals surface area contributed by atoms with Gasteiger partial charge in [0.1, 0.15) is 17.9 Å². The molecule has 1 heterocycles. The number of hydrogen-bond acceptors (Lipinski definition) is 6. The smallest absolute Gasteiger partial charge is 0.335 e. The second kappa shape index (κ2) is 10.1. The van der Waals surface area contributed by atoms with Crippen LogP contribution in [0.4, 0.5) is 10.5 Å². The number of methoxy groups -OCH3 is 2. The molecular weight excluding hydrogens is 448 g/mol. The maximum atomic E-state index is 13.1. The Balaban J connectivity index is 1.57. The molecule has 1 N–H and O–H groups in total. The molecule has 0 saturated carbocycles. The normalized spacial score (nSPS) is 14.7. The lowest BCUT2D eigenvalue weighted by molar-refractivity contribution is -0.122. The molecule has 0 aromatic heterocycles. The zero-order valence-electron chi connectivity index (χ0n) is 19.5. The molecule has 4 amide bonds. The molecule has 1 aliphatic heterocycles. The highest BCUT2D eigenvalue weighted by molar-refractivity contribution is 6.39. The average molecular weight is 472 g/mol. The third-order valence-corrected chi connectivity index (χ3v) is 5.45. The van der Waals surface area contributed by atoms with Crippen LogP contribution in [-0.4, -0.2) is 32.1 Å². The fourth-order valence-corrected chi connectivity index (χ4v) is 3.53. The quantitative estimate of drug-likeness (QED) is 0.408. The molecule has 3 aromatic carbocycles. The molecule has 0 spiro atoms. The minimum absolute atomic E-state index is 0.184. The number of carbonyl (C=O) groups is 3. The van der Waals surface area contributed by atoms with Crippen molar-refractivity contribution >= 4 is 29.6 Å². The third-order valence-electron chi connectivity index (χ3n) is 5.45. The van der Waals surface area contributed by atoms with E-state index in [0.717, 1.165) is 16.0 Å². The van der Waals surface area contributed by atoms with E-state index in [1.54, 1.807) is 42.5 Å². The molecule has 0 radical (unpaired) electrons. The Labute approximate surface area is 202 Å². The number of benzene rings is 3. The van der Waals surface area contributed by atoms with Crippen LogP contribution < -0.4 is 24.4 Å². The number of carbonyl (C=O) groups excluding carboxylic acids is 3. The van der Waals surface area contributed by atoms with E-state index in [1.807, 2.05) is 31.2 Å². The number of hydrogen-bond donors (Lipinski definition) is 1. The molecule has 0 aliphatic carbocycles. The summed E-state index contributed by atoms with van der Waals surface area (Å²) < 4.78 is 16.5. The highest BCUT2D eigenvalue weighted by atomic mass is 16.5. The highest BCUT2D eigenvalue weighted by Crippen LogP contribution is 2.31. The van der Waals surface area contributed by atoms with E-state index < -0.39 is 17.8 Å². The number of rotatable bonds is 7. The third kappa shape index (κ3) is 5.16. The van der Waals surface area contributed by atoms with Crippen molar-refractivity contribution in [1.29, 1.82) is 0 Å². The van der Waals surface area contributed by atoms with Crippen molar-refractivity contribution in [3.05, 3.63) is 89.0 Å². The van der Waals surface area contributed by atoms with Gasteiger partial charge >= 0.3 is 6.03 Å². The standard InChI is InChI=1S/C27H24N2O6/c1-17-4-6-18(7-5-17)16-35-23-13-8-19(15-24(23)34-3)14-22-25(30)28-27(32)29(26(22)31)20-9-11-21(33-2)12-10-20/h4-15H,16H2,1-3H3,(H,28,30,32)/b22-14+. The molecule has 8 heteroatoms. The summed E-state index contributed by atoms with van der Waals surface area (Å²) >= 11 is 0. The predicted molar refractivity (Wildman–Crippen MR) is 131 cm³/mol. The highest BCUT2D eigenvalue weighted by Gasteiger charge is 2.36. The molecule has 1 aliphatic rings. The van der Waals surface area contributed by atoms with Gasteiger partial charge in [-0.1, -0.05) is 35.9 Å². The van der Waals surface area contributed by atoms with Gasteiger partial charge < -0.3 is 14.2 Å². The van der Waals surface area contributed by atoms with Gasteiger partial charge in [-0.15, -0.1) is 0 Å². The van der Waals surface area contributed by atoms with Crippen molar-refractivity contribution in [2.45, 2.75) is 13.5 Å². The summed E-state index contributed by atoms with van der Waals surface area (Å²) in [5, 5.41) is 2.21. The largest absolute Gasteiger partial charge is 0.497 e. The molecule has 0 unspecified atom stereocenters. The van der Waals surface area contributed by atoms with Gasteiger partial charge in [-0.25, -0.2) is 9.69 Å². The van der Waals surface area contributed by atoms with Gasteiger partial charge in [0.05, 0.1) is 19.9 Å². The van der Waals surface area contributed by atoms with Crippen LogP contribution in [0, 0.1) is 6.92 Å². The van der Waals surface area contributed by atoms with Gasteiger partial charge in [0.15, 0.2) is 11.5 Å². The molecule has 0 atom stereocenters. The molecular formula is C27H24N2O6. The Morgan fingerprint density at radius 2 is 1.57 bits per heavy atom. The van der Waals surface area contributed by atoms with E-state index >= 15 is 0 Å². The minimum Gasteiger partial charge on any atom is -0.497 e. The number of anilines is 1. The fourth-order valence-electron chi connectivity index (χ4n) is 3.53. The van der Waals surface area contributed by atoms with Gasteiger partial charge in [0, 0.05) is 0 Å². The summed E-state index contributed by atoms with van der Waals surface area (Å²) in [6.45, 7) is 2.38. The van der Waals surface area contributed by atoms with E-state index in [0.29, 0.717) is 35.1 Å². The van der Waals surface area contributed by atoms with E-state index in [4.69, 9.17) is 14.2 Å². The van der Waals surface area contributed by atoms with Crippen LogP contribution in [0.15, 0.2) is 72.3 Å². The molecule has 178 valence electrons. The van der Waals surface area contributed by atoms with Gasteiger partial charge in [-0.3, -0.25) is 14.9 Å². The molecule has 1 saturated heterocycles. The Morgan fingerprint density at radius 3 is 2.23 bits per heavy atom. The number of imide groups is 2. The number of nitrogens with one attached hydrogen (secondary N) is 1. The molecule has 1 fully saturated rings. The lowest BCUT2D eigenvalue weighted by Gasteiger charge is -2.26. The van der Waals surface area contributed by atoms with Crippen molar-refractivity contribution in [2.24, 2.45) is 0 Å². The zero-order chi connectivity index (χ0) is 24.9. The van der Waals surface area contributed by atoms with Crippen LogP contribution >= 0.6 is 0 Å². The van der Waals surface area contributed by atoms with Gasteiger partial charge in [-0.05, 0) is 60.5 Å². The van der Waals surface area contributed by atoms with Crippen LogP contribution in [0.25, 0.3) is 6.08 Å². The summed E-state index contributed by atoms with van der Waals surface area (Å²) in [5.74, 6) is 0.0242. The average Bonchev–Trinajstić information content (AvgIpc) is 2.86. The fraction of sp³-hybridized carbons (Fsp3) is 0.148. The molecule has 0 bridgehead atoms. The molecule has 3 aromatic rings. The molecule has 35 heavy (non-hydrogen) atoms. The van der Waals surface area contributed by atoms with Crippen molar-refractivity contribution in [3.63, 3.8) is 0 Å². The first kappa shape index (κ1) is 23.6. The van der Waals surface area contributed by atoms with Gasteiger partial charge in [0.25, 0.3) is 11.8 Å². The van der Waals surface area contributed by atoms with E-state index in [2.05, 4.69) is 5.32 Å². The zero-order valence-corrected chi connectivity index (χ0v) is 19.5. The van der Waals surface area contributed by atoms with Crippen molar-refractivity contribution in [1.82, 2.24) is 5.32 Å². The summed E-state index contributed by atoms with van der Waals surface area (Å²) in [6.07, 6.45) is 1.41. The Bertz CT molecular complexity index is 1300. The van der Waals surface area contributed by atoms with Crippen LogP contribution in [0.3, 0.4) is 0 Å². The Morgan fingerprint density at radius 1 is 0.857 bits per heavy atom. The number of ether oxygens (including phenoxy) is 3. The topological polar surface area (TPSA) is 94.2 Å². The first-order chi connectivity index (χ1) is 16.9. The maximum absolute atomic E-state index is 13.1. The maximum Gasteiger partial charge on any atom is 0.335 e. The van der Waals surface area contributed by atoms with Crippen molar-refractivity contribution in [2.75, 3.05) is 19.1 Å². The summed E-state index contributed by atoms with van der Waals surface area (Å²) in [5.41, 5.74) is 2.83. The van der Waals surface area contributed by atoms with Crippen molar-refractivity contribution < 1.29 is 28.6 Å². The van der Waals surface area contributed by atoms with Crippen LogP contribution in [0.2, 0.25) is 0 Å². The van der Waals surface area contributed by atoms with Crippen LogP contribution in [0.1, 0.15) is 16.7 Å².